The molecule has 7 nitrogen and oxygen atoms in total. The van der Waals surface area contributed by atoms with Crippen LogP contribution in [0.2, 0.25) is 0 Å². The molecule has 10 heteroatoms. The molecule has 0 amide bonds. The number of esters is 2. The standard InChI is InChI=1S/C22H19F3N2O5/c1-12-10-13(11-15(19(12)30-2)22(23,24)25)17-16(20(28)31-3)18(21(29)32-4)27(26-17)14-8-6-5-7-9-14/h5-11H,1-4H3. The van der Waals surface area contributed by atoms with E-state index >= 15 is 0 Å². The number of halogens is 3. The first-order valence-electron chi connectivity index (χ1n) is 9.25. The van der Waals surface area contributed by atoms with Crippen LogP contribution in [-0.4, -0.2) is 43.0 Å². The number of para-hydroxylation sites is 1. The van der Waals surface area contributed by atoms with Crippen molar-refractivity contribution in [2.24, 2.45) is 0 Å². The number of hydrogen-bond acceptors (Lipinski definition) is 6. The number of benzene rings is 2. The highest BCUT2D eigenvalue weighted by Gasteiger charge is 2.37. The lowest BCUT2D eigenvalue weighted by Gasteiger charge is -2.16. The molecule has 0 aliphatic rings. The molecule has 0 aliphatic carbocycles. The summed E-state index contributed by atoms with van der Waals surface area (Å²) in [7, 11) is 3.34. The molecule has 1 heterocycles. The van der Waals surface area contributed by atoms with Gasteiger partial charge in [-0.15, -0.1) is 0 Å². The van der Waals surface area contributed by atoms with Gasteiger partial charge < -0.3 is 14.2 Å². The minimum absolute atomic E-state index is 0.0455. The van der Waals surface area contributed by atoms with Crippen molar-refractivity contribution in [3.63, 3.8) is 0 Å². The quantitative estimate of drug-likeness (QED) is 0.537. The van der Waals surface area contributed by atoms with Crippen LogP contribution in [0.5, 0.6) is 5.75 Å². The second-order valence-corrected chi connectivity index (χ2v) is 6.67. The second-order valence-electron chi connectivity index (χ2n) is 6.67. The summed E-state index contributed by atoms with van der Waals surface area (Å²) in [6.45, 7) is 1.44. The highest BCUT2D eigenvalue weighted by atomic mass is 19.4. The molecule has 0 bridgehead atoms. The third-order valence-electron chi connectivity index (χ3n) is 4.71. The van der Waals surface area contributed by atoms with Crippen LogP contribution in [0, 0.1) is 6.92 Å². The van der Waals surface area contributed by atoms with Crippen LogP contribution in [0.3, 0.4) is 0 Å². The lowest BCUT2D eigenvalue weighted by molar-refractivity contribution is -0.138. The molecule has 2 aromatic carbocycles. The maximum atomic E-state index is 13.7. The van der Waals surface area contributed by atoms with E-state index in [9.17, 15) is 22.8 Å². The van der Waals surface area contributed by atoms with Crippen LogP contribution in [0.15, 0.2) is 42.5 Å². The van der Waals surface area contributed by atoms with Gasteiger partial charge in [0.15, 0.2) is 5.69 Å². The number of aryl methyl sites for hydroxylation is 1. The van der Waals surface area contributed by atoms with E-state index in [-0.39, 0.29) is 33.8 Å². The Morgan fingerprint density at radius 3 is 2.12 bits per heavy atom. The molecule has 0 N–H and O–H groups in total. The average Bonchev–Trinajstić information content (AvgIpc) is 3.18. The van der Waals surface area contributed by atoms with Crippen LogP contribution in [0.1, 0.15) is 32.0 Å². The van der Waals surface area contributed by atoms with Crippen LogP contribution >= 0.6 is 0 Å². The number of carbonyl (C=O) groups is 2. The molecule has 0 atom stereocenters. The zero-order chi connectivity index (χ0) is 23.6. The Kier molecular flexibility index (Phi) is 6.24. The summed E-state index contributed by atoms with van der Waals surface area (Å²) in [5.41, 5.74) is -1.29. The summed E-state index contributed by atoms with van der Waals surface area (Å²) >= 11 is 0. The van der Waals surface area contributed by atoms with Crippen LogP contribution in [-0.2, 0) is 15.7 Å². The molecule has 0 fully saturated rings. The Balaban J connectivity index is 2.42. The van der Waals surface area contributed by atoms with Crippen molar-refractivity contribution in [1.29, 1.82) is 0 Å². The van der Waals surface area contributed by atoms with Gasteiger partial charge in [0, 0.05) is 5.56 Å². The normalized spacial score (nSPS) is 11.2. The molecule has 0 saturated carbocycles. The Morgan fingerprint density at radius 2 is 1.59 bits per heavy atom. The van der Waals surface area contributed by atoms with Gasteiger partial charge in [0.1, 0.15) is 17.0 Å². The molecule has 0 saturated heterocycles. The number of rotatable bonds is 5. The first-order chi connectivity index (χ1) is 15.1. The predicted molar refractivity (Wildman–Crippen MR) is 108 cm³/mol. The molecule has 3 aromatic rings. The lowest BCUT2D eigenvalue weighted by atomic mass is 9.99. The van der Waals surface area contributed by atoms with E-state index < -0.39 is 23.7 Å². The van der Waals surface area contributed by atoms with E-state index in [1.165, 1.54) is 13.0 Å². The maximum absolute atomic E-state index is 13.7. The number of ether oxygens (including phenoxy) is 3. The summed E-state index contributed by atoms with van der Waals surface area (Å²) in [6.07, 6.45) is -4.73. The highest BCUT2D eigenvalue weighted by molar-refractivity contribution is 6.07. The number of nitrogens with zero attached hydrogens (tertiary/aromatic N) is 2. The zero-order valence-corrected chi connectivity index (χ0v) is 17.6. The first kappa shape index (κ1) is 22.9. The third kappa shape index (κ3) is 4.03. The van der Waals surface area contributed by atoms with Crippen molar-refractivity contribution in [1.82, 2.24) is 9.78 Å². The van der Waals surface area contributed by atoms with E-state index in [1.807, 2.05) is 0 Å². The molecule has 0 radical (unpaired) electrons. The van der Waals surface area contributed by atoms with Crippen molar-refractivity contribution in [2.75, 3.05) is 21.3 Å². The Labute approximate surface area is 181 Å². The van der Waals surface area contributed by atoms with Gasteiger partial charge in [0.05, 0.1) is 32.6 Å². The molecular formula is C22H19F3N2O5. The predicted octanol–water partition coefficient (Wildman–Crippen LogP) is 4.45. The topological polar surface area (TPSA) is 79.7 Å². The van der Waals surface area contributed by atoms with E-state index in [4.69, 9.17) is 14.2 Å². The monoisotopic (exact) mass is 448 g/mol. The van der Waals surface area contributed by atoms with E-state index in [1.54, 1.807) is 30.3 Å². The van der Waals surface area contributed by atoms with Gasteiger partial charge in [-0.3, -0.25) is 0 Å². The van der Waals surface area contributed by atoms with Crippen molar-refractivity contribution >= 4 is 11.9 Å². The van der Waals surface area contributed by atoms with Crippen LogP contribution in [0.4, 0.5) is 13.2 Å². The van der Waals surface area contributed by atoms with Crippen LogP contribution < -0.4 is 4.74 Å². The van der Waals surface area contributed by atoms with E-state index in [0.717, 1.165) is 32.1 Å². The summed E-state index contributed by atoms with van der Waals surface area (Å²) in [4.78, 5) is 25.2. The van der Waals surface area contributed by atoms with Gasteiger partial charge in [-0.2, -0.15) is 18.3 Å². The summed E-state index contributed by atoms with van der Waals surface area (Å²) in [5, 5.41) is 4.32. The fourth-order valence-electron chi connectivity index (χ4n) is 3.35. The van der Waals surface area contributed by atoms with Crippen molar-refractivity contribution in [3.8, 4) is 22.7 Å². The first-order valence-corrected chi connectivity index (χ1v) is 9.25. The van der Waals surface area contributed by atoms with Crippen LogP contribution in [0.25, 0.3) is 16.9 Å². The minimum Gasteiger partial charge on any atom is -0.496 e. The van der Waals surface area contributed by atoms with Gasteiger partial charge >= 0.3 is 18.1 Å². The summed E-state index contributed by atoms with van der Waals surface area (Å²) < 4.78 is 56.8. The largest absolute Gasteiger partial charge is 0.496 e. The molecule has 0 unspecified atom stereocenters. The molecule has 32 heavy (non-hydrogen) atoms. The number of methoxy groups -OCH3 is 3. The molecule has 3 rings (SSSR count). The lowest BCUT2D eigenvalue weighted by Crippen LogP contribution is -2.15. The molecule has 168 valence electrons. The minimum atomic E-state index is -4.73. The van der Waals surface area contributed by atoms with Crippen molar-refractivity contribution < 1.29 is 37.0 Å². The molecule has 0 spiro atoms. The second kappa shape index (κ2) is 8.74. The van der Waals surface area contributed by atoms with Crippen molar-refractivity contribution in [2.45, 2.75) is 13.1 Å². The number of hydrogen-bond donors (Lipinski definition) is 0. The molecule has 0 aliphatic heterocycles. The van der Waals surface area contributed by atoms with Gasteiger partial charge in [-0.1, -0.05) is 18.2 Å². The summed E-state index contributed by atoms with van der Waals surface area (Å²) in [6, 6.07) is 10.5. The number of aromatic nitrogens is 2. The number of carbonyl (C=O) groups excluding carboxylic acids is 2. The zero-order valence-electron chi connectivity index (χ0n) is 17.6. The van der Waals surface area contributed by atoms with Crippen molar-refractivity contribution in [3.05, 3.63) is 64.8 Å². The smallest absolute Gasteiger partial charge is 0.419 e. The van der Waals surface area contributed by atoms with Gasteiger partial charge in [-0.05, 0) is 36.8 Å². The SMILES string of the molecule is COC(=O)c1c(-c2cc(C)c(OC)c(C(F)(F)F)c2)nn(-c2ccccc2)c1C(=O)OC. The maximum Gasteiger partial charge on any atom is 0.419 e. The van der Waals surface area contributed by atoms with Gasteiger partial charge in [-0.25, -0.2) is 14.3 Å². The summed E-state index contributed by atoms with van der Waals surface area (Å²) in [5.74, 6) is -2.21. The van der Waals surface area contributed by atoms with Gasteiger partial charge in [0.2, 0.25) is 0 Å². The Morgan fingerprint density at radius 1 is 0.969 bits per heavy atom. The average molecular weight is 448 g/mol. The van der Waals surface area contributed by atoms with E-state index in [2.05, 4.69) is 5.10 Å². The Bertz CT molecular complexity index is 1170. The fraction of sp³-hybridized carbons (Fsp3) is 0.227. The highest BCUT2D eigenvalue weighted by Crippen LogP contribution is 2.41. The van der Waals surface area contributed by atoms with Gasteiger partial charge in [0.25, 0.3) is 0 Å². The number of alkyl halides is 3. The Hall–Kier alpha value is -3.82. The molecular weight excluding hydrogens is 429 g/mol. The fourth-order valence-corrected chi connectivity index (χ4v) is 3.35. The third-order valence-corrected chi connectivity index (χ3v) is 4.71. The molecule has 1 aromatic heterocycles. The van der Waals surface area contributed by atoms with E-state index in [0.29, 0.717) is 5.69 Å².